The highest BCUT2D eigenvalue weighted by Crippen LogP contribution is 2.23. The third kappa shape index (κ3) is 2.59. The number of hydrogen-bond donors (Lipinski definition) is 2. The SMILES string of the molecule is Cc1nc(Nc2cccc(C(=O)O)n2)sc1C. The third-order valence-electron chi connectivity index (χ3n) is 2.23. The molecule has 5 nitrogen and oxygen atoms in total. The predicted octanol–water partition coefficient (Wildman–Crippen LogP) is 2.60. The molecule has 88 valence electrons. The molecular formula is C11H11N3O2S. The lowest BCUT2D eigenvalue weighted by Gasteiger charge is -2.01. The van der Waals surface area contributed by atoms with Crippen molar-refractivity contribution >= 4 is 28.3 Å². The van der Waals surface area contributed by atoms with Crippen LogP contribution in [0.4, 0.5) is 10.9 Å². The minimum absolute atomic E-state index is 0.0139. The van der Waals surface area contributed by atoms with Crippen molar-refractivity contribution in [2.24, 2.45) is 0 Å². The Kier molecular flexibility index (Phi) is 3.06. The first kappa shape index (κ1) is 11.5. The van der Waals surface area contributed by atoms with Gasteiger partial charge in [0.25, 0.3) is 0 Å². The summed E-state index contributed by atoms with van der Waals surface area (Å²) in [5.74, 6) is -0.557. The monoisotopic (exact) mass is 249 g/mol. The standard InChI is InChI=1S/C11H11N3O2S/c1-6-7(2)17-11(12-6)14-9-5-3-4-8(13-9)10(15)16/h3-5H,1-2H3,(H,15,16)(H,12,13,14). The third-order valence-corrected chi connectivity index (χ3v) is 3.22. The number of nitrogens with one attached hydrogen (secondary N) is 1. The van der Waals surface area contributed by atoms with E-state index in [-0.39, 0.29) is 5.69 Å². The number of rotatable bonds is 3. The number of hydrogen-bond acceptors (Lipinski definition) is 5. The van der Waals surface area contributed by atoms with Crippen LogP contribution in [-0.4, -0.2) is 21.0 Å². The Morgan fingerprint density at radius 3 is 2.71 bits per heavy atom. The number of pyridine rings is 1. The summed E-state index contributed by atoms with van der Waals surface area (Å²) in [6.45, 7) is 3.91. The number of carbonyl (C=O) groups is 1. The van der Waals surface area contributed by atoms with Gasteiger partial charge in [-0.3, -0.25) is 0 Å². The Balaban J connectivity index is 2.24. The van der Waals surface area contributed by atoms with Crippen LogP contribution >= 0.6 is 11.3 Å². The summed E-state index contributed by atoms with van der Waals surface area (Å²) in [5, 5.41) is 12.5. The van der Waals surface area contributed by atoms with Crippen LogP contribution in [0.3, 0.4) is 0 Å². The molecule has 0 unspecified atom stereocenters. The summed E-state index contributed by atoms with van der Waals surface area (Å²) in [4.78, 5) is 20.1. The summed E-state index contributed by atoms with van der Waals surface area (Å²) >= 11 is 1.51. The van der Waals surface area contributed by atoms with E-state index in [9.17, 15) is 4.79 Å². The molecule has 6 heteroatoms. The van der Waals surface area contributed by atoms with E-state index >= 15 is 0 Å². The smallest absolute Gasteiger partial charge is 0.354 e. The van der Waals surface area contributed by atoms with Crippen LogP contribution < -0.4 is 5.32 Å². The number of aromatic carboxylic acids is 1. The van der Waals surface area contributed by atoms with Gasteiger partial charge in [-0.25, -0.2) is 14.8 Å². The molecule has 0 aliphatic heterocycles. The molecule has 0 aromatic carbocycles. The van der Waals surface area contributed by atoms with Gasteiger partial charge >= 0.3 is 5.97 Å². The van der Waals surface area contributed by atoms with Gasteiger partial charge in [0.15, 0.2) is 10.8 Å². The maximum absolute atomic E-state index is 10.8. The Morgan fingerprint density at radius 2 is 2.12 bits per heavy atom. The van der Waals surface area contributed by atoms with Crippen LogP contribution in [0.2, 0.25) is 0 Å². The first-order valence-corrected chi connectivity index (χ1v) is 5.79. The van der Waals surface area contributed by atoms with E-state index in [0.29, 0.717) is 5.82 Å². The van der Waals surface area contributed by atoms with Gasteiger partial charge in [-0.05, 0) is 26.0 Å². The maximum Gasteiger partial charge on any atom is 0.354 e. The second-order valence-corrected chi connectivity index (χ2v) is 4.70. The number of anilines is 2. The minimum atomic E-state index is -1.04. The fourth-order valence-electron chi connectivity index (χ4n) is 1.26. The quantitative estimate of drug-likeness (QED) is 0.874. The van der Waals surface area contributed by atoms with Crippen molar-refractivity contribution in [3.05, 3.63) is 34.5 Å². The maximum atomic E-state index is 10.8. The molecule has 0 spiro atoms. The Bertz CT molecular complexity index is 546. The van der Waals surface area contributed by atoms with Gasteiger partial charge in [0.05, 0.1) is 5.69 Å². The van der Waals surface area contributed by atoms with Crippen molar-refractivity contribution < 1.29 is 9.90 Å². The molecule has 2 aromatic heterocycles. The Hall–Kier alpha value is -1.95. The summed E-state index contributed by atoms with van der Waals surface area (Å²) in [6.07, 6.45) is 0. The van der Waals surface area contributed by atoms with Crippen molar-refractivity contribution in [1.29, 1.82) is 0 Å². The zero-order valence-corrected chi connectivity index (χ0v) is 10.2. The van der Waals surface area contributed by atoms with E-state index in [2.05, 4.69) is 15.3 Å². The van der Waals surface area contributed by atoms with Crippen molar-refractivity contribution in [1.82, 2.24) is 9.97 Å². The largest absolute Gasteiger partial charge is 0.477 e. The fraction of sp³-hybridized carbons (Fsp3) is 0.182. The lowest BCUT2D eigenvalue weighted by atomic mass is 10.3. The molecule has 2 heterocycles. The number of carboxylic acid groups (broad SMARTS) is 1. The van der Waals surface area contributed by atoms with Crippen LogP contribution in [-0.2, 0) is 0 Å². The van der Waals surface area contributed by atoms with Crippen LogP contribution in [0.15, 0.2) is 18.2 Å². The van der Waals surface area contributed by atoms with Gasteiger partial charge in [-0.2, -0.15) is 0 Å². The number of nitrogens with zero attached hydrogens (tertiary/aromatic N) is 2. The highest BCUT2D eigenvalue weighted by Gasteiger charge is 2.07. The molecular weight excluding hydrogens is 238 g/mol. The summed E-state index contributed by atoms with van der Waals surface area (Å²) in [7, 11) is 0. The van der Waals surface area contributed by atoms with E-state index in [1.54, 1.807) is 12.1 Å². The van der Waals surface area contributed by atoms with E-state index < -0.39 is 5.97 Å². The lowest BCUT2D eigenvalue weighted by Crippen LogP contribution is -2.02. The highest BCUT2D eigenvalue weighted by atomic mass is 32.1. The molecule has 0 saturated carbocycles. The number of carboxylic acids is 1. The van der Waals surface area contributed by atoms with Gasteiger partial charge < -0.3 is 10.4 Å². The molecule has 0 aliphatic rings. The second kappa shape index (κ2) is 4.50. The molecule has 2 N–H and O–H groups in total. The zero-order valence-electron chi connectivity index (χ0n) is 9.39. The molecule has 0 saturated heterocycles. The van der Waals surface area contributed by atoms with Crippen molar-refractivity contribution in [2.45, 2.75) is 13.8 Å². The van der Waals surface area contributed by atoms with Gasteiger partial charge in [0.1, 0.15) is 5.82 Å². The first-order chi connectivity index (χ1) is 8.06. The van der Waals surface area contributed by atoms with Crippen LogP contribution in [0.5, 0.6) is 0 Å². The van der Waals surface area contributed by atoms with Gasteiger partial charge in [-0.15, -0.1) is 11.3 Å². The normalized spacial score (nSPS) is 10.2. The molecule has 0 amide bonds. The van der Waals surface area contributed by atoms with Crippen molar-refractivity contribution in [2.75, 3.05) is 5.32 Å². The Labute approximate surface area is 102 Å². The molecule has 2 aromatic rings. The average Bonchev–Trinajstić information content (AvgIpc) is 2.58. The van der Waals surface area contributed by atoms with E-state index in [4.69, 9.17) is 5.11 Å². The second-order valence-electron chi connectivity index (χ2n) is 3.50. The van der Waals surface area contributed by atoms with Crippen molar-refractivity contribution in [3.63, 3.8) is 0 Å². The Morgan fingerprint density at radius 1 is 1.35 bits per heavy atom. The average molecular weight is 249 g/mol. The molecule has 0 atom stereocenters. The fourth-order valence-corrected chi connectivity index (χ4v) is 2.08. The molecule has 2 rings (SSSR count). The van der Waals surface area contributed by atoms with Crippen LogP contribution in [0, 0.1) is 13.8 Å². The highest BCUT2D eigenvalue weighted by molar-refractivity contribution is 7.15. The molecule has 0 fully saturated rings. The number of aryl methyl sites for hydroxylation is 2. The summed E-state index contributed by atoms with van der Waals surface area (Å²) < 4.78 is 0. The number of aromatic nitrogens is 2. The van der Waals surface area contributed by atoms with Gasteiger partial charge in [-0.1, -0.05) is 6.07 Å². The summed E-state index contributed by atoms with van der Waals surface area (Å²) in [5.41, 5.74) is 0.979. The lowest BCUT2D eigenvalue weighted by molar-refractivity contribution is 0.0690. The van der Waals surface area contributed by atoms with Gasteiger partial charge in [0.2, 0.25) is 0 Å². The minimum Gasteiger partial charge on any atom is -0.477 e. The number of thiazole rings is 1. The van der Waals surface area contributed by atoms with Gasteiger partial charge in [0, 0.05) is 4.88 Å². The topological polar surface area (TPSA) is 75.1 Å². The summed E-state index contributed by atoms with van der Waals surface area (Å²) in [6, 6.07) is 4.80. The molecule has 0 bridgehead atoms. The van der Waals surface area contributed by atoms with E-state index in [1.165, 1.54) is 17.4 Å². The zero-order chi connectivity index (χ0) is 12.4. The predicted molar refractivity (Wildman–Crippen MR) is 66.1 cm³/mol. The molecule has 0 radical (unpaired) electrons. The molecule has 0 aliphatic carbocycles. The van der Waals surface area contributed by atoms with E-state index in [1.807, 2.05) is 13.8 Å². The van der Waals surface area contributed by atoms with Crippen molar-refractivity contribution in [3.8, 4) is 0 Å². The van der Waals surface area contributed by atoms with Crippen LogP contribution in [0.1, 0.15) is 21.1 Å². The van der Waals surface area contributed by atoms with Crippen LogP contribution in [0.25, 0.3) is 0 Å². The first-order valence-electron chi connectivity index (χ1n) is 4.97. The van der Waals surface area contributed by atoms with E-state index in [0.717, 1.165) is 15.7 Å². The molecule has 17 heavy (non-hydrogen) atoms.